The molecule has 4 aliphatic heterocycles. The van der Waals surface area contributed by atoms with Crippen LogP contribution < -0.4 is 16.9 Å². The third-order valence-corrected chi connectivity index (χ3v) is 9.83. The number of likely N-dealkylation sites (tertiary alicyclic amines) is 2. The number of carbonyl (C=O) groups excluding carboxylic acids is 4. The second-order valence-corrected chi connectivity index (χ2v) is 12.6. The first-order valence-electron chi connectivity index (χ1n) is 14.0. The standard InChI is InChI=1S/C26H26N8O11S2.ClH/c1-10-14(45-26(41)44-10)8-43-25(40)32-4-3-13(7-32)33-5-2-11(20(33)36)6-12-9-46-22-16(21(37)34(22)17(12)23(38)39)28-19(35)15(30-42)18-29-24(27)47-31-18;/h6,13,16,22,42H,2-5,7-9H2,1H3,(H,28,35)(H,38,39)(H2,27,29,31);1H/b11-6+,30-15-;/t13-,16-,22-;/m1./s1. The zero-order valence-corrected chi connectivity index (χ0v) is 27.3. The summed E-state index contributed by atoms with van der Waals surface area (Å²) in [5.74, 6) is -4.02. The zero-order valence-electron chi connectivity index (χ0n) is 24.8. The maximum Gasteiger partial charge on any atom is 0.519 e. The fourth-order valence-corrected chi connectivity index (χ4v) is 7.44. The Balaban J connectivity index is 0.00000451. The molecule has 0 unspecified atom stereocenters. The first kappa shape index (κ1) is 34.4. The number of thioether (sulfide) groups is 1. The number of fused-ring (bicyclic) bond motifs is 1. The number of nitrogens with zero attached hydrogens (tertiary/aromatic N) is 6. The fourth-order valence-electron chi connectivity index (χ4n) is 5.70. The molecule has 0 aliphatic carbocycles. The van der Waals surface area contributed by atoms with Crippen LogP contribution in [0.25, 0.3) is 0 Å². The molecule has 0 spiro atoms. The van der Waals surface area contributed by atoms with Crippen LogP contribution in [0, 0.1) is 6.92 Å². The van der Waals surface area contributed by atoms with Gasteiger partial charge in [0.2, 0.25) is 17.4 Å². The molecule has 4 amide bonds. The van der Waals surface area contributed by atoms with E-state index in [-0.39, 0.29) is 77.0 Å². The normalized spacial score (nSPS) is 23.3. The summed E-state index contributed by atoms with van der Waals surface area (Å²) in [6, 6.07) is -1.41. The largest absolute Gasteiger partial charge is 0.519 e. The number of halogens is 1. The van der Waals surface area contributed by atoms with E-state index in [1.54, 1.807) is 4.90 Å². The second kappa shape index (κ2) is 13.7. The Morgan fingerprint density at radius 2 is 2.00 bits per heavy atom. The van der Waals surface area contributed by atoms with Crippen molar-refractivity contribution in [2.45, 2.75) is 43.8 Å². The number of β-lactam (4-membered cyclic amide) rings is 1. The van der Waals surface area contributed by atoms with E-state index in [1.807, 2.05) is 0 Å². The van der Waals surface area contributed by atoms with Gasteiger partial charge >= 0.3 is 17.9 Å². The van der Waals surface area contributed by atoms with Gasteiger partial charge in [-0.2, -0.15) is 9.36 Å². The highest BCUT2D eigenvalue weighted by atomic mass is 35.5. The number of aromatic nitrogens is 2. The molecule has 0 aromatic carbocycles. The van der Waals surface area contributed by atoms with E-state index in [1.165, 1.54) is 29.7 Å². The Labute approximate surface area is 284 Å². The first-order chi connectivity index (χ1) is 22.5. The van der Waals surface area contributed by atoms with Gasteiger partial charge in [-0.25, -0.2) is 14.4 Å². The van der Waals surface area contributed by atoms with Crippen molar-refractivity contribution < 1.29 is 47.9 Å². The maximum atomic E-state index is 13.4. The first-order valence-corrected chi connectivity index (χ1v) is 15.8. The third-order valence-electron chi connectivity index (χ3n) is 7.99. The van der Waals surface area contributed by atoms with E-state index in [9.17, 15) is 39.1 Å². The molecular formula is C26H27ClN8O11S2. The number of amides is 4. The van der Waals surface area contributed by atoms with E-state index in [0.29, 0.717) is 31.5 Å². The minimum absolute atomic E-state index is 0. The van der Waals surface area contributed by atoms with Crippen LogP contribution in [0.1, 0.15) is 30.2 Å². The number of carboxylic acids is 1. The highest BCUT2D eigenvalue weighted by Crippen LogP contribution is 2.41. The van der Waals surface area contributed by atoms with Gasteiger partial charge in [0.05, 0.1) is 6.04 Å². The lowest BCUT2D eigenvalue weighted by atomic mass is 10.0. The van der Waals surface area contributed by atoms with Crippen molar-refractivity contribution in [3.8, 4) is 0 Å². The van der Waals surface area contributed by atoms with Crippen LogP contribution in [-0.2, 0) is 30.5 Å². The third kappa shape index (κ3) is 6.34. The maximum absolute atomic E-state index is 13.4. The molecule has 3 atom stereocenters. The van der Waals surface area contributed by atoms with Gasteiger partial charge in [-0.1, -0.05) is 5.16 Å². The Kier molecular flexibility index (Phi) is 9.82. The number of carbonyl (C=O) groups is 5. The Bertz CT molecular complexity index is 1830. The molecule has 6 rings (SSSR count). The number of oxime groups is 1. The molecular weight excluding hydrogens is 700 g/mol. The van der Waals surface area contributed by atoms with E-state index in [4.69, 9.17) is 19.3 Å². The highest BCUT2D eigenvalue weighted by Gasteiger charge is 2.54. The summed E-state index contributed by atoms with van der Waals surface area (Å²) in [7, 11) is 0. The molecule has 0 saturated carbocycles. The number of ether oxygens (including phenoxy) is 1. The van der Waals surface area contributed by atoms with Crippen molar-refractivity contribution in [1.29, 1.82) is 0 Å². The van der Waals surface area contributed by atoms with E-state index < -0.39 is 46.8 Å². The van der Waals surface area contributed by atoms with Crippen LogP contribution in [0.2, 0.25) is 0 Å². The van der Waals surface area contributed by atoms with Gasteiger partial charge in [-0.05, 0) is 31.4 Å². The fraction of sp³-hybridized carbons (Fsp3) is 0.423. The molecule has 0 radical (unpaired) electrons. The molecule has 2 aromatic heterocycles. The quantitative estimate of drug-likeness (QED) is 0.0908. The van der Waals surface area contributed by atoms with Crippen LogP contribution >= 0.6 is 35.7 Å². The number of nitrogens with one attached hydrogen (secondary N) is 1. The molecule has 4 aliphatic rings. The Hall–Kier alpha value is -4.89. The molecule has 256 valence electrons. The SMILES string of the molecule is Cc1oc(=O)oc1COC(=O)N1CC[C@@H](N2CC/C(=C\C3=C(C(=O)O)N4C(=O)[C@@H](NC(=O)/C(=N\O)c5nsc(N)n5)[C@H]4SC3)C2=O)C1.Cl. The van der Waals surface area contributed by atoms with Crippen LogP contribution in [0.3, 0.4) is 0 Å². The van der Waals surface area contributed by atoms with Crippen molar-refractivity contribution in [3.05, 3.63) is 50.9 Å². The molecule has 22 heteroatoms. The second-order valence-electron chi connectivity index (χ2n) is 10.7. The molecule has 3 fully saturated rings. The molecule has 2 aromatic rings. The topological polar surface area (TPSA) is 264 Å². The summed E-state index contributed by atoms with van der Waals surface area (Å²) in [5.41, 5.74) is 5.29. The van der Waals surface area contributed by atoms with Crippen LogP contribution in [0.15, 0.2) is 41.7 Å². The van der Waals surface area contributed by atoms with Crippen molar-refractivity contribution in [3.63, 3.8) is 0 Å². The van der Waals surface area contributed by atoms with Crippen LogP contribution in [0.5, 0.6) is 0 Å². The summed E-state index contributed by atoms with van der Waals surface area (Å²) in [5, 5.41) is 24.0. The summed E-state index contributed by atoms with van der Waals surface area (Å²) in [6.07, 6.45) is 1.68. The molecule has 19 nitrogen and oxygen atoms in total. The molecule has 3 saturated heterocycles. The van der Waals surface area contributed by atoms with Crippen LogP contribution in [0.4, 0.5) is 9.93 Å². The number of aliphatic carboxylic acids is 1. The number of rotatable bonds is 8. The number of hydrogen-bond donors (Lipinski definition) is 4. The number of nitrogens with two attached hydrogens (primary N) is 1. The summed E-state index contributed by atoms with van der Waals surface area (Å²) < 4.78 is 18.6. The molecule has 5 N–H and O–H groups in total. The monoisotopic (exact) mass is 726 g/mol. The average Bonchev–Trinajstić information content (AvgIpc) is 3.83. The molecule has 48 heavy (non-hydrogen) atoms. The highest BCUT2D eigenvalue weighted by molar-refractivity contribution is 8.00. The number of nitrogen functional groups attached to an aromatic ring is 1. The van der Waals surface area contributed by atoms with Crippen molar-refractivity contribution in [1.82, 2.24) is 29.4 Å². The lowest BCUT2D eigenvalue weighted by Gasteiger charge is -2.49. The van der Waals surface area contributed by atoms with Crippen molar-refractivity contribution in [2.75, 3.05) is 31.1 Å². The van der Waals surface area contributed by atoms with Crippen molar-refractivity contribution in [2.24, 2.45) is 5.16 Å². The van der Waals surface area contributed by atoms with Gasteiger partial charge < -0.3 is 44.7 Å². The lowest BCUT2D eigenvalue weighted by Crippen LogP contribution is -2.71. The van der Waals surface area contributed by atoms with E-state index in [0.717, 1.165) is 16.4 Å². The minimum Gasteiger partial charge on any atom is -0.477 e. The predicted octanol–water partition coefficient (Wildman–Crippen LogP) is -0.117. The summed E-state index contributed by atoms with van der Waals surface area (Å²) in [4.78, 5) is 83.2. The number of anilines is 1. The smallest absolute Gasteiger partial charge is 0.477 e. The van der Waals surface area contributed by atoms with Crippen molar-refractivity contribution >= 4 is 76.3 Å². The average molecular weight is 727 g/mol. The molecule has 0 bridgehead atoms. The minimum atomic E-state index is -1.38. The predicted molar refractivity (Wildman–Crippen MR) is 166 cm³/mol. The van der Waals surface area contributed by atoms with E-state index in [2.05, 4.69) is 19.8 Å². The number of hydrogen-bond acceptors (Lipinski definition) is 16. The number of allylic oxidation sites excluding steroid dienone is 1. The van der Waals surface area contributed by atoms with Gasteiger partial charge in [0.15, 0.2) is 23.3 Å². The Morgan fingerprint density at radius 1 is 1.23 bits per heavy atom. The van der Waals surface area contributed by atoms with Gasteiger partial charge in [-0.15, -0.1) is 24.2 Å². The van der Waals surface area contributed by atoms with Crippen LogP contribution in [-0.4, -0.2) is 113 Å². The van der Waals surface area contributed by atoms with Gasteiger partial charge in [-0.3, -0.25) is 19.3 Å². The lowest BCUT2D eigenvalue weighted by molar-refractivity contribution is -0.150. The zero-order chi connectivity index (χ0) is 33.6. The van der Waals surface area contributed by atoms with Gasteiger partial charge in [0.25, 0.3) is 11.8 Å². The summed E-state index contributed by atoms with van der Waals surface area (Å²) in [6.45, 7) is 2.14. The number of aryl methyl sites for hydroxylation is 1. The van der Waals surface area contributed by atoms with Gasteiger partial charge in [0, 0.05) is 42.5 Å². The number of carboxylic acid groups (broad SMARTS) is 1. The summed E-state index contributed by atoms with van der Waals surface area (Å²) >= 11 is 1.97. The van der Waals surface area contributed by atoms with Gasteiger partial charge in [0.1, 0.15) is 17.1 Å². The van der Waals surface area contributed by atoms with E-state index >= 15 is 0 Å². The Morgan fingerprint density at radius 3 is 2.65 bits per heavy atom. The molecule has 6 heterocycles.